The average Bonchev–Trinajstić information content (AvgIpc) is 3.07. The van der Waals surface area contributed by atoms with E-state index in [-0.39, 0.29) is 10.7 Å². The van der Waals surface area contributed by atoms with Crippen molar-refractivity contribution in [2.45, 2.75) is 4.90 Å². The van der Waals surface area contributed by atoms with Crippen LogP contribution in [0, 0.1) is 5.82 Å². The topological polar surface area (TPSA) is 75.7 Å². The van der Waals surface area contributed by atoms with Gasteiger partial charge < -0.3 is 5.32 Å². The van der Waals surface area contributed by atoms with Crippen LogP contribution in [0.5, 0.6) is 0 Å². The molecule has 1 amide bonds. The van der Waals surface area contributed by atoms with Crippen molar-refractivity contribution in [3.05, 3.63) is 59.2 Å². The van der Waals surface area contributed by atoms with E-state index in [9.17, 15) is 17.6 Å². The number of amides is 1. The van der Waals surface area contributed by atoms with Crippen LogP contribution in [-0.4, -0.2) is 33.0 Å². The lowest BCUT2D eigenvalue weighted by molar-refractivity contribution is -0.0258. The van der Waals surface area contributed by atoms with Crippen LogP contribution in [0.25, 0.3) is 10.1 Å². The molecule has 9 heteroatoms. The van der Waals surface area contributed by atoms with Crippen LogP contribution in [0.4, 0.5) is 10.1 Å². The van der Waals surface area contributed by atoms with E-state index in [1.807, 2.05) is 0 Å². The highest BCUT2D eigenvalue weighted by Gasteiger charge is 2.20. The second kappa shape index (κ2) is 7.12. The zero-order chi connectivity index (χ0) is 18.9. The van der Waals surface area contributed by atoms with Gasteiger partial charge >= 0.3 is 0 Å². The van der Waals surface area contributed by atoms with Gasteiger partial charge in [-0.05, 0) is 42.5 Å². The Kier molecular flexibility index (Phi) is 5.05. The van der Waals surface area contributed by atoms with Crippen LogP contribution in [0.1, 0.15) is 9.67 Å². The van der Waals surface area contributed by atoms with E-state index in [0.29, 0.717) is 20.7 Å². The molecule has 0 atom stereocenters. The first-order valence-corrected chi connectivity index (χ1v) is 9.71. The number of thiophene rings is 1. The summed E-state index contributed by atoms with van der Waals surface area (Å²) in [6, 6.07) is 11.8. The fourth-order valence-corrected chi connectivity index (χ4v) is 4.23. The van der Waals surface area contributed by atoms with E-state index in [4.69, 9.17) is 4.84 Å². The zero-order valence-corrected chi connectivity index (χ0v) is 15.5. The second-order valence-corrected chi connectivity index (χ2v) is 8.36. The van der Waals surface area contributed by atoms with Crippen molar-refractivity contribution in [3.8, 4) is 0 Å². The number of hydrogen-bond acceptors (Lipinski definition) is 5. The summed E-state index contributed by atoms with van der Waals surface area (Å²) in [5.41, 5.74) is 0.423. The Morgan fingerprint density at radius 3 is 2.50 bits per heavy atom. The molecule has 1 aromatic heterocycles. The van der Waals surface area contributed by atoms with Gasteiger partial charge in [-0.15, -0.1) is 11.3 Å². The highest BCUT2D eigenvalue weighted by Crippen LogP contribution is 2.28. The molecule has 0 unspecified atom stereocenters. The van der Waals surface area contributed by atoms with Crippen molar-refractivity contribution in [2.75, 3.05) is 19.5 Å². The quantitative estimate of drug-likeness (QED) is 0.673. The minimum atomic E-state index is -3.75. The summed E-state index contributed by atoms with van der Waals surface area (Å²) < 4.78 is 39.4. The van der Waals surface area contributed by atoms with Crippen molar-refractivity contribution in [3.63, 3.8) is 0 Å². The normalized spacial score (nSPS) is 11.8. The Balaban J connectivity index is 1.80. The molecule has 0 spiro atoms. The van der Waals surface area contributed by atoms with Crippen molar-refractivity contribution in [1.82, 2.24) is 4.47 Å². The Hall–Kier alpha value is -2.33. The van der Waals surface area contributed by atoms with Crippen LogP contribution in [0.3, 0.4) is 0 Å². The predicted molar refractivity (Wildman–Crippen MR) is 98.1 cm³/mol. The largest absolute Gasteiger partial charge is 0.321 e. The third-order valence-electron chi connectivity index (χ3n) is 3.74. The molecule has 1 N–H and O–H groups in total. The lowest BCUT2D eigenvalue weighted by atomic mass is 10.2. The van der Waals surface area contributed by atoms with Crippen molar-refractivity contribution in [1.29, 1.82) is 0 Å². The predicted octanol–water partition coefficient (Wildman–Crippen LogP) is 3.47. The number of nitrogens with zero attached hydrogens (tertiary/aromatic N) is 1. The first-order chi connectivity index (χ1) is 12.3. The molecule has 3 rings (SSSR count). The standard InChI is InChI=1S/C17H15FN2O4S2/c1-20(24-2)26(22,23)12-8-6-11(7-9-12)19-17(21)16-10-13-14(18)4-3-5-15(13)25-16/h3-10H,1-2H3,(H,19,21). The average molecular weight is 394 g/mol. The van der Waals surface area contributed by atoms with Gasteiger partial charge in [0.15, 0.2) is 0 Å². The van der Waals surface area contributed by atoms with Crippen LogP contribution >= 0.6 is 11.3 Å². The van der Waals surface area contributed by atoms with Crippen molar-refractivity contribution < 1.29 is 22.4 Å². The number of benzene rings is 2. The number of fused-ring (bicyclic) bond motifs is 1. The maximum absolute atomic E-state index is 13.7. The Morgan fingerprint density at radius 2 is 1.88 bits per heavy atom. The number of carbonyl (C=O) groups excluding carboxylic acids is 1. The van der Waals surface area contributed by atoms with Gasteiger partial charge in [-0.3, -0.25) is 9.63 Å². The molecular formula is C17H15FN2O4S2. The van der Waals surface area contributed by atoms with Crippen LogP contribution in [-0.2, 0) is 14.9 Å². The van der Waals surface area contributed by atoms with Gasteiger partial charge in [0, 0.05) is 22.8 Å². The summed E-state index contributed by atoms with van der Waals surface area (Å²) in [4.78, 5) is 17.5. The molecule has 0 saturated heterocycles. The van der Waals surface area contributed by atoms with Crippen LogP contribution < -0.4 is 5.32 Å². The lowest BCUT2D eigenvalue weighted by Gasteiger charge is -2.14. The minimum Gasteiger partial charge on any atom is -0.321 e. The molecular weight excluding hydrogens is 379 g/mol. The van der Waals surface area contributed by atoms with E-state index in [0.717, 1.165) is 4.47 Å². The summed E-state index contributed by atoms with van der Waals surface area (Å²) in [5, 5.41) is 3.06. The Bertz CT molecular complexity index is 1060. The molecule has 0 radical (unpaired) electrons. The van der Waals surface area contributed by atoms with Crippen molar-refractivity contribution in [2.24, 2.45) is 0 Å². The number of carbonyl (C=O) groups is 1. The fourth-order valence-electron chi connectivity index (χ4n) is 2.29. The molecule has 0 aliphatic heterocycles. The summed E-state index contributed by atoms with van der Waals surface area (Å²) in [6.07, 6.45) is 0. The number of anilines is 1. The number of sulfonamides is 1. The maximum Gasteiger partial charge on any atom is 0.265 e. The molecule has 136 valence electrons. The van der Waals surface area contributed by atoms with Gasteiger partial charge in [0.25, 0.3) is 15.9 Å². The van der Waals surface area contributed by atoms with E-state index in [1.54, 1.807) is 12.1 Å². The van der Waals surface area contributed by atoms with Crippen molar-refractivity contribution >= 4 is 43.0 Å². The third-order valence-corrected chi connectivity index (χ3v) is 6.53. The highest BCUT2D eigenvalue weighted by atomic mass is 32.2. The fraction of sp³-hybridized carbons (Fsp3) is 0.118. The van der Waals surface area contributed by atoms with Gasteiger partial charge in [-0.25, -0.2) is 12.8 Å². The van der Waals surface area contributed by atoms with Gasteiger partial charge in [0.1, 0.15) is 5.82 Å². The van der Waals surface area contributed by atoms with E-state index < -0.39 is 15.9 Å². The molecule has 0 fully saturated rings. The molecule has 6 nitrogen and oxygen atoms in total. The van der Waals surface area contributed by atoms with E-state index in [2.05, 4.69) is 5.32 Å². The van der Waals surface area contributed by atoms with Gasteiger partial charge in [-0.1, -0.05) is 10.5 Å². The molecule has 0 bridgehead atoms. The first kappa shape index (κ1) is 18.5. The van der Waals surface area contributed by atoms with Gasteiger partial charge in [-0.2, -0.15) is 0 Å². The molecule has 0 saturated carbocycles. The molecule has 3 aromatic rings. The summed E-state index contributed by atoms with van der Waals surface area (Å²) >= 11 is 1.18. The van der Waals surface area contributed by atoms with Gasteiger partial charge in [0.2, 0.25) is 0 Å². The number of rotatable bonds is 5. The second-order valence-electron chi connectivity index (χ2n) is 5.34. The molecule has 0 aliphatic rings. The molecule has 2 aromatic carbocycles. The summed E-state index contributed by atoms with van der Waals surface area (Å²) in [5.74, 6) is -0.773. The lowest BCUT2D eigenvalue weighted by Crippen LogP contribution is -2.25. The minimum absolute atomic E-state index is 0.0313. The van der Waals surface area contributed by atoms with Gasteiger partial charge in [0.05, 0.1) is 16.9 Å². The number of hydrogen-bond donors (Lipinski definition) is 1. The SMILES string of the molecule is CON(C)S(=O)(=O)c1ccc(NC(=O)c2cc3c(F)cccc3s2)cc1. The number of nitrogens with one attached hydrogen (secondary N) is 1. The first-order valence-electron chi connectivity index (χ1n) is 7.45. The van der Waals surface area contributed by atoms with E-state index in [1.165, 1.54) is 61.9 Å². The molecule has 0 aliphatic carbocycles. The highest BCUT2D eigenvalue weighted by molar-refractivity contribution is 7.89. The summed E-state index contributed by atoms with van der Waals surface area (Å²) in [7, 11) is -1.22. The van der Waals surface area contributed by atoms with Crippen LogP contribution in [0.2, 0.25) is 0 Å². The summed E-state index contributed by atoms with van der Waals surface area (Å²) in [6.45, 7) is 0. The number of halogens is 1. The molecule has 1 heterocycles. The smallest absolute Gasteiger partial charge is 0.265 e. The maximum atomic E-state index is 13.7. The zero-order valence-electron chi connectivity index (χ0n) is 13.9. The van der Waals surface area contributed by atoms with E-state index >= 15 is 0 Å². The Morgan fingerprint density at radius 1 is 1.19 bits per heavy atom. The van der Waals surface area contributed by atoms with Crippen LogP contribution in [0.15, 0.2) is 53.4 Å². The monoisotopic (exact) mass is 394 g/mol. The molecule has 26 heavy (non-hydrogen) atoms. The Labute approximate surface area is 153 Å². The number of hydroxylamine groups is 1. The third kappa shape index (κ3) is 3.47.